The Balaban J connectivity index is 1.23. The van der Waals surface area contributed by atoms with Gasteiger partial charge in [-0.05, 0) is 42.3 Å². The predicted molar refractivity (Wildman–Crippen MR) is 138 cm³/mol. The van der Waals surface area contributed by atoms with Gasteiger partial charge in [0.2, 0.25) is 0 Å². The lowest BCUT2D eigenvalue weighted by Crippen LogP contribution is -2.48. The topological polar surface area (TPSA) is 52.7 Å². The van der Waals surface area contributed by atoms with Gasteiger partial charge in [0.05, 0.1) is 10.6 Å². The second kappa shape index (κ2) is 9.87. The van der Waals surface area contributed by atoms with Gasteiger partial charge in [0, 0.05) is 43.2 Å². The molecule has 0 atom stereocenters. The van der Waals surface area contributed by atoms with Crippen LogP contribution in [0.3, 0.4) is 0 Å². The van der Waals surface area contributed by atoms with E-state index >= 15 is 0 Å². The van der Waals surface area contributed by atoms with Crippen LogP contribution < -0.4 is 5.32 Å². The Morgan fingerprint density at radius 2 is 1.71 bits per heavy atom. The van der Waals surface area contributed by atoms with Gasteiger partial charge in [-0.3, -0.25) is 14.5 Å². The standard InChI is InChI=1S/C28H27N3O2S/c1-20-7-9-21(10-8-20)17-26-27(32)29-24-18-23(11-12-25(24)34-26)28(33)31-15-13-30(14-16-31)19-22-5-3-2-4-6-22/h2-12,17-18H,13-16,19H2,1H3,(H,29,32)/b26-17+. The molecule has 2 aliphatic heterocycles. The summed E-state index contributed by atoms with van der Waals surface area (Å²) in [7, 11) is 0. The number of carbonyl (C=O) groups is 2. The second-order valence-corrected chi connectivity index (χ2v) is 9.82. The molecule has 6 heteroatoms. The number of anilines is 1. The van der Waals surface area contributed by atoms with Gasteiger partial charge >= 0.3 is 0 Å². The summed E-state index contributed by atoms with van der Waals surface area (Å²) in [6.07, 6.45) is 1.90. The predicted octanol–water partition coefficient (Wildman–Crippen LogP) is 5.04. The molecule has 1 N–H and O–H groups in total. The van der Waals surface area contributed by atoms with Gasteiger partial charge < -0.3 is 10.2 Å². The number of amides is 2. The largest absolute Gasteiger partial charge is 0.336 e. The number of aryl methyl sites for hydroxylation is 1. The van der Waals surface area contributed by atoms with Crippen LogP contribution in [0.25, 0.3) is 6.08 Å². The third kappa shape index (κ3) is 5.08. The molecule has 0 radical (unpaired) electrons. The van der Waals surface area contributed by atoms with E-state index in [9.17, 15) is 9.59 Å². The Labute approximate surface area is 204 Å². The normalized spacial score (nSPS) is 17.4. The molecule has 1 saturated heterocycles. The third-order valence-electron chi connectivity index (χ3n) is 6.20. The maximum atomic E-state index is 13.1. The van der Waals surface area contributed by atoms with Crippen LogP contribution in [0.2, 0.25) is 0 Å². The number of piperazine rings is 1. The van der Waals surface area contributed by atoms with Gasteiger partial charge in [-0.2, -0.15) is 0 Å². The first-order chi connectivity index (χ1) is 16.5. The quantitative estimate of drug-likeness (QED) is 0.544. The maximum Gasteiger partial charge on any atom is 0.262 e. The number of benzene rings is 3. The van der Waals surface area contributed by atoms with E-state index in [1.54, 1.807) is 0 Å². The Morgan fingerprint density at radius 1 is 0.971 bits per heavy atom. The van der Waals surface area contributed by atoms with Crippen LogP contribution in [0.5, 0.6) is 0 Å². The number of nitrogens with one attached hydrogen (secondary N) is 1. The zero-order valence-electron chi connectivity index (χ0n) is 19.2. The first-order valence-corrected chi connectivity index (χ1v) is 12.3. The van der Waals surface area contributed by atoms with E-state index in [0.717, 1.165) is 30.1 Å². The van der Waals surface area contributed by atoms with Crippen LogP contribution in [0.4, 0.5) is 5.69 Å². The molecule has 1 fully saturated rings. The molecule has 0 aliphatic carbocycles. The fourth-order valence-electron chi connectivity index (χ4n) is 4.24. The van der Waals surface area contributed by atoms with Crippen LogP contribution in [0.1, 0.15) is 27.0 Å². The minimum Gasteiger partial charge on any atom is -0.336 e. The Bertz CT molecular complexity index is 1230. The van der Waals surface area contributed by atoms with Crippen molar-refractivity contribution in [1.82, 2.24) is 9.80 Å². The zero-order chi connectivity index (χ0) is 23.5. The minimum absolute atomic E-state index is 0.0161. The van der Waals surface area contributed by atoms with Crippen molar-refractivity contribution in [1.29, 1.82) is 0 Å². The Hall–Kier alpha value is -3.35. The number of hydrogen-bond donors (Lipinski definition) is 1. The highest BCUT2D eigenvalue weighted by atomic mass is 32.2. The van der Waals surface area contributed by atoms with Gasteiger partial charge in [0.1, 0.15) is 0 Å². The summed E-state index contributed by atoms with van der Waals surface area (Å²) in [5.74, 6) is -0.125. The molecule has 5 rings (SSSR count). The molecule has 0 spiro atoms. The van der Waals surface area contributed by atoms with Gasteiger partial charge in [-0.1, -0.05) is 71.9 Å². The molecule has 3 aromatic carbocycles. The maximum absolute atomic E-state index is 13.1. The molecule has 0 bridgehead atoms. The van der Waals surface area contributed by atoms with Crippen LogP contribution >= 0.6 is 11.8 Å². The third-order valence-corrected chi connectivity index (χ3v) is 7.30. The Kier molecular flexibility index (Phi) is 6.52. The first-order valence-electron chi connectivity index (χ1n) is 11.5. The molecule has 5 nitrogen and oxygen atoms in total. The Morgan fingerprint density at radius 3 is 2.44 bits per heavy atom. The van der Waals surface area contributed by atoms with Crippen LogP contribution in [0, 0.1) is 6.92 Å². The van der Waals surface area contributed by atoms with Crippen molar-refractivity contribution < 1.29 is 9.59 Å². The van der Waals surface area contributed by atoms with Crippen LogP contribution in [-0.2, 0) is 11.3 Å². The average molecular weight is 470 g/mol. The highest BCUT2D eigenvalue weighted by Crippen LogP contribution is 2.39. The van der Waals surface area contributed by atoms with Crippen molar-refractivity contribution in [3.8, 4) is 0 Å². The van der Waals surface area contributed by atoms with E-state index in [-0.39, 0.29) is 11.8 Å². The highest BCUT2D eigenvalue weighted by molar-refractivity contribution is 8.04. The lowest BCUT2D eigenvalue weighted by molar-refractivity contribution is -0.112. The van der Waals surface area contributed by atoms with Crippen molar-refractivity contribution in [2.24, 2.45) is 0 Å². The van der Waals surface area contributed by atoms with E-state index in [4.69, 9.17) is 0 Å². The van der Waals surface area contributed by atoms with E-state index in [2.05, 4.69) is 34.5 Å². The van der Waals surface area contributed by atoms with Crippen molar-refractivity contribution in [3.05, 3.63) is 100.0 Å². The highest BCUT2D eigenvalue weighted by Gasteiger charge is 2.25. The van der Waals surface area contributed by atoms with Gasteiger partial charge in [0.25, 0.3) is 11.8 Å². The second-order valence-electron chi connectivity index (χ2n) is 8.74. The minimum atomic E-state index is -0.141. The van der Waals surface area contributed by atoms with Crippen LogP contribution in [-0.4, -0.2) is 47.8 Å². The lowest BCUT2D eigenvalue weighted by atomic mass is 10.1. The summed E-state index contributed by atoms with van der Waals surface area (Å²) in [5, 5.41) is 2.97. The molecule has 3 aromatic rings. The number of rotatable bonds is 4. The lowest BCUT2D eigenvalue weighted by Gasteiger charge is -2.35. The van der Waals surface area contributed by atoms with E-state index in [1.807, 2.05) is 66.4 Å². The molecule has 0 unspecified atom stereocenters. The number of nitrogens with zero attached hydrogens (tertiary/aromatic N) is 2. The average Bonchev–Trinajstić information content (AvgIpc) is 2.86. The fourth-order valence-corrected chi connectivity index (χ4v) is 5.17. The first kappa shape index (κ1) is 22.4. The summed E-state index contributed by atoms with van der Waals surface area (Å²) in [5.41, 5.74) is 4.78. The molecular formula is C28H27N3O2S. The molecule has 2 aliphatic rings. The van der Waals surface area contributed by atoms with Gasteiger partial charge in [-0.25, -0.2) is 0 Å². The SMILES string of the molecule is Cc1ccc(/C=C2/Sc3ccc(C(=O)N4CCN(Cc5ccccc5)CC4)cc3NC2=O)cc1. The van der Waals surface area contributed by atoms with Crippen molar-refractivity contribution in [2.75, 3.05) is 31.5 Å². The van der Waals surface area contributed by atoms with Gasteiger partial charge in [-0.15, -0.1) is 0 Å². The summed E-state index contributed by atoms with van der Waals surface area (Å²) < 4.78 is 0. The summed E-state index contributed by atoms with van der Waals surface area (Å²) in [6.45, 7) is 6.05. The molecule has 34 heavy (non-hydrogen) atoms. The summed E-state index contributed by atoms with van der Waals surface area (Å²) >= 11 is 1.44. The van der Waals surface area contributed by atoms with Crippen molar-refractivity contribution in [2.45, 2.75) is 18.4 Å². The smallest absolute Gasteiger partial charge is 0.262 e. The van der Waals surface area contributed by atoms with Crippen molar-refractivity contribution >= 4 is 35.3 Å². The van der Waals surface area contributed by atoms with Crippen molar-refractivity contribution in [3.63, 3.8) is 0 Å². The zero-order valence-corrected chi connectivity index (χ0v) is 20.0. The van der Waals surface area contributed by atoms with E-state index < -0.39 is 0 Å². The molecule has 0 saturated carbocycles. The summed E-state index contributed by atoms with van der Waals surface area (Å²) in [4.78, 5) is 31.7. The number of carbonyl (C=O) groups excluding carboxylic acids is 2. The molecule has 2 amide bonds. The molecular weight excluding hydrogens is 442 g/mol. The molecule has 172 valence electrons. The number of thioether (sulfide) groups is 1. The fraction of sp³-hybridized carbons (Fsp3) is 0.214. The van der Waals surface area contributed by atoms with Crippen LogP contribution in [0.15, 0.2) is 82.6 Å². The van der Waals surface area contributed by atoms with Gasteiger partial charge in [0.15, 0.2) is 0 Å². The monoisotopic (exact) mass is 469 g/mol. The molecule has 2 heterocycles. The van der Waals surface area contributed by atoms with E-state index in [0.29, 0.717) is 29.2 Å². The number of hydrogen-bond acceptors (Lipinski definition) is 4. The molecule has 0 aromatic heterocycles. The summed E-state index contributed by atoms with van der Waals surface area (Å²) in [6, 6.07) is 24.1. The van der Waals surface area contributed by atoms with E-state index in [1.165, 1.54) is 22.9 Å². The number of fused-ring (bicyclic) bond motifs is 1.